The van der Waals surface area contributed by atoms with E-state index in [1.165, 1.54) is 0 Å². The van der Waals surface area contributed by atoms with Crippen LogP contribution >= 0.6 is 0 Å². The van der Waals surface area contributed by atoms with E-state index in [1.54, 1.807) is 12.1 Å². The molecule has 0 aliphatic heterocycles. The number of phenolic OH excluding ortho intramolecular Hbond substituents is 2. The first kappa shape index (κ1) is 13.9. The number of phenols is 2. The number of aromatic hydroxyl groups is 2. The standard InChI is InChI=1S/C18H18O2/c1-3-5-13-7-9-17(19)15(11-13)16-12-14(6-4-2)8-10-18(16)20/h3-4,6-12,19-20H,1,5H2,2H3/b6-4+. The van der Waals surface area contributed by atoms with Crippen LogP contribution in [0.1, 0.15) is 18.1 Å². The highest BCUT2D eigenvalue weighted by molar-refractivity contribution is 5.78. The van der Waals surface area contributed by atoms with Gasteiger partial charge in [0, 0.05) is 11.1 Å². The van der Waals surface area contributed by atoms with Crippen molar-refractivity contribution in [3.05, 3.63) is 66.3 Å². The van der Waals surface area contributed by atoms with Crippen LogP contribution < -0.4 is 0 Å². The second kappa shape index (κ2) is 6.11. The molecule has 0 aromatic heterocycles. The highest BCUT2D eigenvalue weighted by Crippen LogP contribution is 2.36. The number of benzene rings is 2. The zero-order chi connectivity index (χ0) is 14.5. The number of hydrogen-bond acceptors (Lipinski definition) is 2. The van der Waals surface area contributed by atoms with Crippen molar-refractivity contribution >= 4 is 6.08 Å². The molecule has 0 amide bonds. The summed E-state index contributed by atoms with van der Waals surface area (Å²) in [6.45, 7) is 5.65. The van der Waals surface area contributed by atoms with E-state index >= 15 is 0 Å². The monoisotopic (exact) mass is 266 g/mol. The minimum absolute atomic E-state index is 0.157. The molecule has 0 aliphatic rings. The van der Waals surface area contributed by atoms with E-state index in [-0.39, 0.29) is 11.5 Å². The first-order valence-corrected chi connectivity index (χ1v) is 6.54. The molecule has 0 radical (unpaired) electrons. The summed E-state index contributed by atoms with van der Waals surface area (Å²) >= 11 is 0. The van der Waals surface area contributed by atoms with E-state index in [0.717, 1.165) is 17.5 Å². The fourth-order valence-corrected chi connectivity index (χ4v) is 2.16. The topological polar surface area (TPSA) is 40.5 Å². The maximum atomic E-state index is 10.0. The number of rotatable bonds is 4. The molecule has 2 nitrogen and oxygen atoms in total. The van der Waals surface area contributed by atoms with Gasteiger partial charge in [0.1, 0.15) is 11.5 Å². The van der Waals surface area contributed by atoms with Crippen LogP contribution in [0.5, 0.6) is 11.5 Å². The minimum atomic E-state index is 0.157. The Kier molecular flexibility index (Phi) is 4.26. The van der Waals surface area contributed by atoms with Crippen molar-refractivity contribution in [2.24, 2.45) is 0 Å². The summed E-state index contributed by atoms with van der Waals surface area (Å²) in [5.74, 6) is 0.315. The lowest BCUT2D eigenvalue weighted by molar-refractivity contribution is 0.469. The Balaban J connectivity index is 2.57. The Morgan fingerprint density at radius 2 is 1.65 bits per heavy atom. The third-order valence-corrected chi connectivity index (χ3v) is 3.11. The molecule has 2 aromatic rings. The van der Waals surface area contributed by atoms with Crippen molar-refractivity contribution in [3.8, 4) is 22.6 Å². The fourth-order valence-electron chi connectivity index (χ4n) is 2.16. The van der Waals surface area contributed by atoms with Crippen LogP contribution in [-0.4, -0.2) is 10.2 Å². The SMILES string of the molecule is C=CCc1ccc(O)c(-c2cc(/C=C/C)ccc2O)c1. The Hall–Kier alpha value is -2.48. The highest BCUT2D eigenvalue weighted by Gasteiger charge is 2.10. The van der Waals surface area contributed by atoms with Crippen molar-refractivity contribution in [3.63, 3.8) is 0 Å². The van der Waals surface area contributed by atoms with Crippen LogP contribution in [0, 0.1) is 0 Å². The van der Waals surface area contributed by atoms with Gasteiger partial charge >= 0.3 is 0 Å². The molecule has 2 heteroatoms. The quantitative estimate of drug-likeness (QED) is 0.798. The van der Waals surface area contributed by atoms with Gasteiger partial charge in [-0.2, -0.15) is 0 Å². The van der Waals surface area contributed by atoms with Crippen LogP contribution in [0.4, 0.5) is 0 Å². The number of allylic oxidation sites excluding steroid dienone is 2. The highest BCUT2D eigenvalue weighted by atomic mass is 16.3. The molecular weight excluding hydrogens is 248 g/mol. The van der Waals surface area contributed by atoms with E-state index in [4.69, 9.17) is 0 Å². The largest absolute Gasteiger partial charge is 0.507 e. The van der Waals surface area contributed by atoms with Crippen molar-refractivity contribution in [1.82, 2.24) is 0 Å². The summed E-state index contributed by atoms with van der Waals surface area (Å²) in [5.41, 5.74) is 3.29. The summed E-state index contributed by atoms with van der Waals surface area (Å²) in [5, 5.41) is 20.1. The summed E-state index contributed by atoms with van der Waals surface area (Å²) in [6, 6.07) is 10.7. The van der Waals surface area contributed by atoms with Gasteiger partial charge in [-0.15, -0.1) is 6.58 Å². The number of hydrogen-bond donors (Lipinski definition) is 2. The van der Waals surface area contributed by atoms with Crippen molar-refractivity contribution < 1.29 is 10.2 Å². The van der Waals surface area contributed by atoms with Crippen LogP contribution in [0.3, 0.4) is 0 Å². The predicted octanol–water partition coefficient (Wildman–Crippen LogP) is 4.53. The molecule has 0 spiro atoms. The molecule has 20 heavy (non-hydrogen) atoms. The average molecular weight is 266 g/mol. The molecule has 2 rings (SSSR count). The lowest BCUT2D eigenvalue weighted by Crippen LogP contribution is -1.86. The van der Waals surface area contributed by atoms with Gasteiger partial charge in [0.2, 0.25) is 0 Å². The molecule has 0 fully saturated rings. The molecule has 2 aromatic carbocycles. The van der Waals surface area contributed by atoms with Crippen LogP contribution in [0.2, 0.25) is 0 Å². The Bertz CT molecular complexity index is 654. The van der Waals surface area contributed by atoms with Gasteiger partial charge in [-0.3, -0.25) is 0 Å². The molecule has 0 saturated heterocycles. The lowest BCUT2D eigenvalue weighted by Gasteiger charge is -2.10. The molecule has 0 atom stereocenters. The zero-order valence-electron chi connectivity index (χ0n) is 11.5. The molecule has 0 heterocycles. The second-order valence-electron chi connectivity index (χ2n) is 4.62. The van der Waals surface area contributed by atoms with Gasteiger partial charge in [-0.1, -0.05) is 30.4 Å². The van der Waals surface area contributed by atoms with Crippen molar-refractivity contribution in [1.29, 1.82) is 0 Å². The lowest BCUT2D eigenvalue weighted by atomic mass is 9.98. The Labute approximate surface area is 119 Å². The van der Waals surface area contributed by atoms with Gasteiger partial charge in [-0.05, 0) is 48.7 Å². The summed E-state index contributed by atoms with van der Waals surface area (Å²) in [6.07, 6.45) is 6.42. The molecule has 102 valence electrons. The maximum absolute atomic E-state index is 10.0. The van der Waals surface area contributed by atoms with Crippen LogP contribution in [0.15, 0.2) is 55.1 Å². The van der Waals surface area contributed by atoms with E-state index in [0.29, 0.717) is 11.1 Å². The second-order valence-corrected chi connectivity index (χ2v) is 4.62. The van der Waals surface area contributed by atoms with Gasteiger partial charge in [0.15, 0.2) is 0 Å². The van der Waals surface area contributed by atoms with Gasteiger partial charge in [0.25, 0.3) is 0 Å². The van der Waals surface area contributed by atoms with Crippen molar-refractivity contribution in [2.45, 2.75) is 13.3 Å². The third kappa shape index (κ3) is 2.91. The van der Waals surface area contributed by atoms with Gasteiger partial charge < -0.3 is 10.2 Å². The smallest absolute Gasteiger partial charge is 0.123 e. The first-order chi connectivity index (χ1) is 9.65. The molecule has 2 N–H and O–H groups in total. The fraction of sp³-hybridized carbons (Fsp3) is 0.111. The summed E-state index contributed by atoms with van der Waals surface area (Å²) in [4.78, 5) is 0. The Morgan fingerprint density at radius 3 is 2.30 bits per heavy atom. The maximum Gasteiger partial charge on any atom is 0.123 e. The zero-order valence-corrected chi connectivity index (χ0v) is 11.5. The average Bonchev–Trinajstić information content (AvgIpc) is 2.44. The van der Waals surface area contributed by atoms with E-state index in [1.807, 2.05) is 49.4 Å². The van der Waals surface area contributed by atoms with E-state index in [9.17, 15) is 10.2 Å². The summed E-state index contributed by atoms with van der Waals surface area (Å²) < 4.78 is 0. The first-order valence-electron chi connectivity index (χ1n) is 6.54. The third-order valence-electron chi connectivity index (χ3n) is 3.11. The van der Waals surface area contributed by atoms with E-state index in [2.05, 4.69) is 6.58 Å². The minimum Gasteiger partial charge on any atom is -0.507 e. The normalized spacial score (nSPS) is 10.8. The van der Waals surface area contributed by atoms with Crippen molar-refractivity contribution in [2.75, 3.05) is 0 Å². The summed E-state index contributed by atoms with van der Waals surface area (Å²) in [7, 11) is 0. The molecular formula is C18H18O2. The van der Waals surface area contributed by atoms with Crippen LogP contribution in [0.25, 0.3) is 17.2 Å². The molecule has 0 bridgehead atoms. The molecule has 0 unspecified atom stereocenters. The Morgan fingerprint density at radius 1 is 1.00 bits per heavy atom. The van der Waals surface area contributed by atoms with E-state index < -0.39 is 0 Å². The van der Waals surface area contributed by atoms with Crippen LogP contribution in [-0.2, 0) is 6.42 Å². The van der Waals surface area contributed by atoms with Gasteiger partial charge in [0.05, 0.1) is 0 Å². The molecule has 0 aliphatic carbocycles. The predicted molar refractivity (Wildman–Crippen MR) is 83.8 cm³/mol. The van der Waals surface area contributed by atoms with Gasteiger partial charge in [-0.25, -0.2) is 0 Å². The molecule has 0 saturated carbocycles.